The molecule has 1 fully saturated rings. The molecule has 1 heterocycles. The molecule has 3 N–H and O–H groups in total. The first-order chi connectivity index (χ1) is 8.61. The molecule has 0 aromatic heterocycles. The van der Waals surface area contributed by atoms with Gasteiger partial charge >= 0.3 is 0 Å². The Morgan fingerprint density at radius 3 is 2.61 bits per heavy atom. The Labute approximate surface area is 107 Å². The molecular weight excluding hydrogens is 231 g/mol. The smallest absolute Gasteiger partial charge is 0.146 e. The van der Waals surface area contributed by atoms with Crippen LogP contribution in [0.25, 0.3) is 0 Å². The minimum Gasteiger partial charge on any atom is -0.396 e. The van der Waals surface area contributed by atoms with Crippen LogP contribution in [0.5, 0.6) is 0 Å². The summed E-state index contributed by atoms with van der Waals surface area (Å²) in [5.41, 5.74) is 7.21. The normalized spacial score (nSPS) is 19.0. The van der Waals surface area contributed by atoms with Gasteiger partial charge in [-0.3, -0.25) is 0 Å². The highest BCUT2D eigenvalue weighted by Gasteiger charge is 2.20. The van der Waals surface area contributed by atoms with Gasteiger partial charge in [0.15, 0.2) is 0 Å². The van der Waals surface area contributed by atoms with Crippen LogP contribution in [0.15, 0.2) is 18.2 Å². The largest absolute Gasteiger partial charge is 0.396 e. The Morgan fingerprint density at radius 1 is 1.44 bits per heavy atom. The highest BCUT2D eigenvalue weighted by atomic mass is 19.1. The summed E-state index contributed by atoms with van der Waals surface area (Å²) >= 11 is 0. The molecule has 1 aromatic carbocycles. The molecule has 0 spiro atoms. The summed E-state index contributed by atoms with van der Waals surface area (Å²) < 4.78 is 14.0. The van der Waals surface area contributed by atoms with Gasteiger partial charge in [0, 0.05) is 25.7 Å². The molecule has 0 bridgehead atoms. The van der Waals surface area contributed by atoms with E-state index in [0.29, 0.717) is 11.6 Å². The lowest BCUT2D eigenvalue weighted by molar-refractivity contribution is 0.203. The average molecular weight is 252 g/mol. The molecule has 18 heavy (non-hydrogen) atoms. The van der Waals surface area contributed by atoms with Gasteiger partial charge in [0.2, 0.25) is 0 Å². The van der Waals surface area contributed by atoms with Gasteiger partial charge in [0.1, 0.15) is 5.82 Å². The standard InChI is InChI=1S/C14H21FN2O/c1-10(16)12-2-3-14(13(15)8-12)17-6-4-11(9-18)5-7-17/h2-3,8,10-11,18H,4-7,9,16H2,1H3/t10-/m0/s1. The van der Waals surface area contributed by atoms with Crippen LogP contribution in [0.2, 0.25) is 0 Å². The molecule has 100 valence electrons. The number of aliphatic hydroxyl groups is 1. The predicted octanol–water partition coefficient (Wildman–Crippen LogP) is 2.05. The van der Waals surface area contributed by atoms with Crippen LogP contribution in [-0.2, 0) is 0 Å². The quantitative estimate of drug-likeness (QED) is 0.865. The SMILES string of the molecule is C[C@H](N)c1ccc(N2CCC(CO)CC2)c(F)c1. The fourth-order valence-corrected chi connectivity index (χ4v) is 2.42. The topological polar surface area (TPSA) is 49.5 Å². The van der Waals surface area contributed by atoms with Crippen LogP contribution in [0, 0.1) is 11.7 Å². The van der Waals surface area contributed by atoms with E-state index in [0.717, 1.165) is 31.5 Å². The molecule has 1 aliphatic rings. The number of piperidine rings is 1. The van der Waals surface area contributed by atoms with E-state index in [-0.39, 0.29) is 18.5 Å². The molecule has 2 rings (SSSR count). The lowest BCUT2D eigenvalue weighted by atomic mass is 9.97. The minimum atomic E-state index is -0.202. The third-order valence-corrected chi connectivity index (χ3v) is 3.71. The van der Waals surface area contributed by atoms with Crippen LogP contribution >= 0.6 is 0 Å². The summed E-state index contributed by atoms with van der Waals surface area (Å²) in [5, 5.41) is 9.09. The van der Waals surface area contributed by atoms with Crippen LogP contribution in [0.4, 0.5) is 10.1 Å². The van der Waals surface area contributed by atoms with Crippen molar-refractivity contribution in [3.8, 4) is 0 Å². The molecule has 0 unspecified atom stereocenters. The van der Waals surface area contributed by atoms with Crippen molar-refractivity contribution in [2.75, 3.05) is 24.6 Å². The van der Waals surface area contributed by atoms with Gasteiger partial charge in [-0.15, -0.1) is 0 Å². The van der Waals surface area contributed by atoms with E-state index < -0.39 is 0 Å². The fraction of sp³-hybridized carbons (Fsp3) is 0.571. The number of aliphatic hydroxyl groups excluding tert-OH is 1. The number of hydrogen-bond donors (Lipinski definition) is 2. The molecule has 0 saturated carbocycles. The summed E-state index contributed by atoms with van der Waals surface area (Å²) in [5.74, 6) is 0.167. The second-order valence-corrected chi connectivity index (χ2v) is 5.11. The minimum absolute atomic E-state index is 0.145. The van der Waals surface area contributed by atoms with Gasteiger partial charge in [0.05, 0.1) is 5.69 Å². The number of anilines is 1. The Morgan fingerprint density at radius 2 is 2.11 bits per heavy atom. The second-order valence-electron chi connectivity index (χ2n) is 5.11. The van der Waals surface area contributed by atoms with Crippen molar-refractivity contribution in [1.29, 1.82) is 0 Å². The van der Waals surface area contributed by atoms with Gasteiger partial charge in [0.25, 0.3) is 0 Å². The van der Waals surface area contributed by atoms with Gasteiger partial charge in [-0.25, -0.2) is 4.39 Å². The monoisotopic (exact) mass is 252 g/mol. The van der Waals surface area contributed by atoms with Crippen molar-refractivity contribution in [2.45, 2.75) is 25.8 Å². The second kappa shape index (κ2) is 5.67. The Kier molecular flexibility index (Phi) is 4.19. The zero-order valence-electron chi connectivity index (χ0n) is 10.8. The molecule has 1 aliphatic heterocycles. The van der Waals surface area contributed by atoms with Crippen LogP contribution in [-0.4, -0.2) is 24.8 Å². The Balaban J connectivity index is 2.10. The Hall–Kier alpha value is -1.13. The molecule has 0 amide bonds. The number of hydrogen-bond acceptors (Lipinski definition) is 3. The zero-order chi connectivity index (χ0) is 13.1. The highest BCUT2D eigenvalue weighted by molar-refractivity contribution is 5.49. The first kappa shape index (κ1) is 13.3. The van der Waals surface area contributed by atoms with Crippen molar-refractivity contribution in [2.24, 2.45) is 11.7 Å². The van der Waals surface area contributed by atoms with E-state index in [1.54, 1.807) is 0 Å². The molecular formula is C14H21FN2O. The molecule has 1 aromatic rings. The number of nitrogens with two attached hydrogens (primary N) is 1. The van der Waals surface area contributed by atoms with Crippen molar-refractivity contribution < 1.29 is 9.50 Å². The molecule has 0 radical (unpaired) electrons. The van der Waals surface area contributed by atoms with Gasteiger partial charge in [-0.2, -0.15) is 0 Å². The predicted molar refractivity (Wildman–Crippen MR) is 71.0 cm³/mol. The number of nitrogens with zero attached hydrogens (tertiary/aromatic N) is 1. The molecule has 1 saturated heterocycles. The van der Waals surface area contributed by atoms with E-state index in [4.69, 9.17) is 10.8 Å². The molecule has 3 nitrogen and oxygen atoms in total. The molecule has 0 aliphatic carbocycles. The van der Waals surface area contributed by atoms with E-state index in [9.17, 15) is 4.39 Å². The van der Waals surface area contributed by atoms with E-state index in [1.165, 1.54) is 6.07 Å². The van der Waals surface area contributed by atoms with Crippen LogP contribution < -0.4 is 10.6 Å². The van der Waals surface area contributed by atoms with Crippen LogP contribution in [0.1, 0.15) is 31.4 Å². The fourth-order valence-electron chi connectivity index (χ4n) is 2.42. The summed E-state index contributed by atoms with van der Waals surface area (Å²) in [6, 6.07) is 5.08. The van der Waals surface area contributed by atoms with E-state index in [1.807, 2.05) is 24.0 Å². The molecule has 1 atom stereocenters. The van der Waals surface area contributed by atoms with Crippen molar-refractivity contribution in [1.82, 2.24) is 0 Å². The maximum atomic E-state index is 14.0. The first-order valence-corrected chi connectivity index (χ1v) is 6.52. The lowest BCUT2D eigenvalue weighted by Crippen LogP contribution is -2.35. The van der Waals surface area contributed by atoms with Gasteiger partial charge in [-0.1, -0.05) is 6.07 Å². The van der Waals surface area contributed by atoms with Crippen molar-refractivity contribution >= 4 is 5.69 Å². The summed E-state index contributed by atoms with van der Waals surface area (Å²) in [7, 11) is 0. The van der Waals surface area contributed by atoms with E-state index >= 15 is 0 Å². The lowest BCUT2D eigenvalue weighted by Gasteiger charge is -2.33. The van der Waals surface area contributed by atoms with Gasteiger partial charge in [-0.05, 0) is 43.4 Å². The number of rotatable bonds is 3. The summed E-state index contributed by atoms with van der Waals surface area (Å²) in [6.45, 7) is 3.69. The summed E-state index contributed by atoms with van der Waals surface area (Å²) in [4.78, 5) is 2.05. The van der Waals surface area contributed by atoms with Crippen molar-refractivity contribution in [3.05, 3.63) is 29.6 Å². The zero-order valence-corrected chi connectivity index (χ0v) is 10.8. The highest BCUT2D eigenvalue weighted by Crippen LogP contribution is 2.27. The Bertz CT molecular complexity index is 401. The summed E-state index contributed by atoms with van der Waals surface area (Å²) in [6.07, 6.45) is 1.84. The van der Waals surface area contributed by atoms with Gasteiger partial charge < -0.3 is 15.7 Å². The maximum absolute atomic E-state index is 14.0. The third kappa shape index (κ3) is 2.82. The van der Waals surface area contributed by atoms with Crippen molar-refractivity contribution in [3.63, 3.8) is 0 Å². The van der Waals surface area contributed by atoms with Crippen LogP contribution in [0.3, 0.4) is 0 Å². The number of halogens is 1. The average Bonchev–Trinajstić information content (AvgIpc) is 2.38. The number of benzene rings is 1. The molecule has 4 heteroatoms. The first-order valence-electron chi connectivity index (χ1n) is 6.52. The van der Waals surface area contributed by atoms with E-state index in [2.05, 4.69) is 0 Å². The third-order valence-electron chi connectivity index (χ3n) is 3.71. The maximum Gasteiger partial charge on any atom is 0.146 e.